The van der Waals surface area contributed by atoms with Gasteiger partial charge in [-0.2, -0.15) is 0 Å². The Balaban J connectivity index is 1.11. The zero-order valence-electron chi connectivity index (χ0n) is 25.6. The summed E-state index contributed by atoms with van der Waals surface area (Å²) in [7, 11) is 0. The van der Waals surface area contributed by atoms with Crippen LogP contribution in [0.3, 0.4) is 0 Å². The first-order valence-electron chi connectivity index (χ1n) is 16.1. The lowest BCUT2D eigenvalue weighted by Crippen LogP contribution is -2.57. The van der Waals surface area contributed by atoms with Crippen molar-refractivity contribution < 1.29 is 14.4 Å². The predicted octanol–water partition coefficient (Wildman–Crippen LogP) is 4.57. The van der Waals surface area contributed by atoms with E-state index in [1.165, 1.54) is 19.3 Å². The number of urea groups is 2. The fourth-order valence-corrected chi connectivity index (χ4v) is 8.24. The zero-order valence-corrected chi connectivity index (χ0v) is 27.2. The fraction of sp³-hybridized carbons (Fsp3) is 0.545. The van der Waals surface area contributed by atoms with Crippen molar-refractivity contribution in [1.29, 1.82) is 0 Å². The molecule has 3 saturated heterocycles. The normalized spacial score (nSPS) is 20.7. The lowest BCUT2D eigenvalue weighted by Gasteiger charge is -2.41. The molecule has 6 rings (SSSR count). The van der Waals surface area contributed by atoms with Crippen LogP contribution in [0.15, 0.2) is 22.9 Å². The number of nitrogen functional groups attached to an aromatic ring is 1. The van der Waals surface area contributed by atoms with Gasteiger partial charge in [-0.25, -0.2) is 9.59 Å². The second kappa shape index (κ2) is 13.9. The average Bonchev–Trinajstić information content (AvgIpc) is 3.53. The first kappa shape index (κ1) is 31.5. The topological polar surface area (TPSA) is 114 Å². The van der Waals surface area contributed by atoms with Crippen molar-refractivity contribution in [3.8, 4) is 12.3 Å². The molecule has 0 saturated carbocycles. The summed E-state index contributed by atoms with van der Waals surface area (Å²) in [6.07, 6.45) is 12.9. The van der Waals surface area contributed by atoms with Crippen molar-refractivity contribution in [2.45, 2.75) is 76.0 Å². The van der Waals surface area contributed by atoms with Crippen LogP contribution < -0.4 is 16.4 Å². The number of piperidine rings is 3. The zero-order chi connectivity index (χ0) is 31.5. The first-order valence-corrected chi connectivity index (χ1v) is 17.4. The Morgan fingerprint density at radius 1 is 1.02 bits per heavy atom. The van der Waals surface area contributed by atoms with Gasteiger partial charge in [-0.05, 0) is 74.7 Å². The molecule has 0 spiro atoms. The number of terminal acetylenes is 1. The molecular weight excluding hydrogens is 610 g/mol. The van der Waals surface area contributed by atoms with E-state index >= 15 is 0 Å². The van der Waals surface area contributed by atoms with Gasteiger partial charge < -0.3 is 36.0 Å². The minimum Gasteiger partial charge on any atom is -0.397 e. The molecule has 4 N–H and O–H groups in total. The standard InChI is InChI=1S/C33H42ClN7O3S/c1-2-23-16-22(17-27(34)30(23)35)18-28(31(42)39-12-6-25(7-13-39)38-10-4-3-5-11-38)36-32(43)40-14-8-26(9-15-40)41-19-24-20-45-21-29(24)37-33(41)44/h1,16-17,20-21,25-26,28H,3-15,18-19,35H2,(H,36,43)(H,37,44)/t28-/m1/s1. The van der Waals surface area contributed by atoms with E-state index in [4.69, 9.17) is 23.8 Å². The second-order valence-corrected chi connectivity index (χ2v) is 13.8. The van der Waals surface area contributed by atoms with Gasteiger partial charge in [0.15, 0.2) is 0 Å². The van der Waals surface area contributed by atoms with Crippen molar-refractivity contribution in [3.63, 3.8) is 0 Å². The Labute approximate surface area is 274 Å². The van der Waals surface area contributed by atoms with Gasteiger partial charge >= 0.3 is 12.1 Å². The highest BCUT2D eigenvalue weighted by atomic mass is 35.5. The molecule has 5 amide bonds. The molecule has 4 aliphatic heterocycles. The molecule has 1 atom stereocenters. The second-order valence-electron chi connectivity index (χ2n) is 12.6. The molecule has 12 heteroatoms. The van der Waals surface area contributed by atoms with Gasteiger partial charge in [0, 0.05) is 61.2 Å². The number of rotatable bonds is 6. The molecular formula is C33H42ClN7O3S. The smallest absolute Gasteiger partial charge is 0.322 e. The van der Waals surface area contributed by atoms with Gasteiger partial charge in [-0.3, -0.25) is 4.79 Å². The number of carbonyl (C=O) groups excluding carboxylic acids is 3. The number of nitrogens with two attached hydrogens (primary N) is 1. The summed E-state index contributed by atoms with van der Waals surface area (Å²) in [6, 6.07) is 2.89. The first-order chi connectivity index (χ1) is 21.8. The van der Waals surface area contributed by atoms with Gasteiger partial charge in [-0.15, -0.1) is 17.8 Å². The van der Waals surface area contributed by atoms with E-state index in [0.717, 1.165) is 42.7 Å². The highest BCUT2D eigenvalue weighted by Gasteiger charge is 2.36. The summed E-state index contributed by atoms with van der Waals surface area (Å²) >= 11 is 7.97. The average molecular weight is 652 g/mol. The summed E-state index contributed by atoms with van der Waals surface area (Å²) in [5.41, 5.74) is 9.61. The monoisotopic (exact) mass is 651 g/mol. The molecule has 2 aromatic rings. The Hall–Kier alpha value is -3.46. The molecule has 0 radical (unpaired) electrons. The SMILES string of the molecule is C#Cc1cc(C[C@@H](NC(=O)N2CCC(N3Cc4cscc4NC3=O)CC2)C(=O)N2CCC(N3CCCCC3)CC2)cc(Cl)c1N. The van der Waals surface area contributed by atoms with Crippen LogP contribution in [0, 0.1) is 12.3 Å². The predicted molar refractivity (Wildman–Crippen MR) is 178 cm³/mol. The molecule has 240 valence electrons. The summed E-state index contributed by atoms with van der Waals surface area (Å²) in [5, 5.41) is 10.4. The Kier molecular flexibility index (Phi) is 9.73. The number of nitrogens with one attached hydrogen (secondary N) is 2. The van der Waals surface area contributed by atoms with Gasteiger partial charge in [-0.1, -0.05) is 23.9 Å². The number of hydrogen-bond donors (Lipinski definition) is 3. The van der Waals surface area contributed by atoms with Gasteiger partial charge in [0.1, 0.15) is 6.04 Å². The number of nitrogens with zero attached hydrogens (tertiary/aromatic N) is 4. The number of amides is 5. The molecule has 0 unspecified atom stereocenters. The Morgan fingerprint density at radius 2 is 1.71 bits per heavy atom. The van der Waals surface area contributed by atoms with E-state index < -0.39 is 6.04 Å². The van der Waals surface area contributed by atoms with Crippen LogP contribution in [0.5, 0.6) is 0 Å². The number of fused-ring (bicyclic) bond motifs is 1. The fourth-order valence-electron chi connectivity index (χ4n) is 7.22. The molecule has 0 aliphatic carbocycles. The summed E-state index contributed by atoms with van der Waals surface area (Å²) in [5.74, 6) is 2.48. The number of thiophene rings is 1. The highest BCUT2D eigenvalue weighted by Crippen LogP contribution is 2.31. The summed E-state index contributed by atoms with van der Waals surface area (Å²) in [4.78, 5) is 48.5. The third kappa shape index (κ3) is 7.03. The maximum atomic E-state index is 14.0. The number of likely N-dealkylation sites (tertiary alicyclic amines) is 3. The van der Waals surface area contributed by atoms with Crippen LogP contribution in [0.1, 0.15) is 61.6 Å². The van der Waals surface area contributed by atoms with E-state index in [9.17, 15) is 14.4 Å². The third-order valence-corrected chi connectivity index (χ3v) is 10.9. The molecule has 0 bridgehead atoms. The van der Waals surface area contributed by atoms with Gasteiger partial charge in [0.25, 0.3) is 0 Å². The van der Waals surface area contributed by atoms with Crippen molar-refractivity contribution in [2.24, 2.45) is 0 Å². The van der Waals surface area contributed by atoms with E-state index in [0.29, 0.717) is 67.9 Å². The van der Waals surface area contributed by atoms with Crippen molar-refractivity contribution in [2.75, 3.05) is 50.3 Å². The third-order valence-electron chi connectivity index (χ3n) is 9.84. The molecule has 45 heavy (non-hydrogen) atoms. The summed E-state index contributed by atoms with van der Waals surface area (Å²) < 4.78 is 0. The molecule has 1 aromatic carbocycles. The van der Waals surface area contributed by atoms with E-state index in [-0.39, 0.29) is 30.4 Å². The molecule has 5 heterocycles. The molecule has 4 aliphatic rings. The van der Waals surface area contributed by atoms with Crippen LogP contribution >= 0.6 is 22.9 Å². The van der Waals surface area contributed by atoms with E-state index in [1.54, 1.807) is 28.4 Å². The highest BCUT2D eigenvalue weighted by molar-refractivity contribution is 7.08. The van der Waals surface area contributed by atoms with Crippen LogP contribution in [0.2, 0.25) is 5.02 Å². The minimum atomic E-state index is -0.781. The largest absolute Gasteiger partial charge is 0.397 e. The quantitative estimate of drug-likeness (QED) is 0.313. The van der Waals surface area contributed by atoms with Crippen molar-refractivity contribution in [1.82, 2.24) is 24.9 Å². The number of hydrogen-bond acceptors (Lipinski definition) is 6. The van der Waals surface area contributed by atoms with Crippen LogP contribution in [0.4, 0.5) is 21.0 Å². The van der Waals surface area contributed by atoms with E-state index in [1.807, 2.05) is 15.2 Å². The number of halogens is 1. The van der Waals surface area contributed by atoms with Crippen LogP contribution in [0.25, 0.3) is 0 Å². The van der Waals surface area contributed by atoms with Crippen molar-refractivity contribution >= 4 is 52.3 Å². The van der Waals surface area contributed by atoms with E-state index in [2.05, 4.69) is 26.8 Å². The number of carbonyl (C=O) groups is 3. The van der Waals surface area contributed by atoms with Gasteiger partial charge in [0.2, 0.25) is 5.91 Å². The molecule has 1 aromatic heterocycles. The molecule has 10 nitrogen and oxygen atoms in total. The van der Waals surface area contributed by atoms with Crippen molar-refractivity contribution in [3.05, 3.63) is 44.6 Å². The van der Waals surface area contributed by atoms with Crippen LogP contribution in [-0.4, -0.2) is 95.0 Å². The molecule has 3 fully saturated rings. The number of anilines is 2. The number of benzene rings is 1. The Bertz CT molecular complexity index is 1450. The van der Waals surface area contributed by atoms with Crippen LogP contribution in [-0.2, 0) is 17.8 Å². The minimum absolute atomic E-state index is 0.0415. The maximum absolute atomic E-state index is 14.0. The lowest BCUT2D eigenvalue weighted by atomic mass is 9.97. The summed E-state index contributed by atoms with van der Waals surface area (Å²) in [6.45, 7) is 5.18. The lowest BCUT2D eigenvalue weighted by molar-refractivity contribution is -0.134. The maximum Gasteiger partial charge on any atom is 0.322 e. The van der Waals surface area contributed by atoms with Gasteiger partial charge in [0.05, 0.1) is 22.9 Å². The Morgan fingerprint density at radius 3 is 2.42 bits per heavy atom.